The van der Waals surface area contributed by atoms with Crippen molar-refractivity contribution in [2.45, 2.75) is 30.8 Å². The highest BCUT2D eigenvalue weighted by molar-refractivity contribution is 5.82. The van der Waals surface area contributed by atoms with Crippen LogP contribution in [0.4, 0.5) is 11.4 Å². The number of rotatable bonds is 24. The summed E-state index contributed by atoms with van der Waals surface area (Å²) in [4.78, 5) is 49.1. The molecular formula is C37H46N2O12. The summed E-state index contributed by atoms with van der Waals surface area (Å²) in [5.74, 6) is -2.74. The van der Waals surface area contributed by atoms with Crippen LogP contribution in [0.25, 0.3) is 0 Å². The Balaban J connectivity index is 2.17. The van der Waals surface area contributed by atoms with Gasteiger partial charge < -0.3 is 49.2 Å². The van der Waals surface area contributed by atoms with Crippen LogP contribution in [0.15, 0.2) is 99.2 Å². The van der Waals surface area contributed by atoms with Crippen LogP contribution in [0.5, 0.6) is 0 Å². The highest BCUT2D eigenvalue weighted by atomic mass is 16.6. The monoisotopic (exact) mass is 710 g/mol. The fourth-order valence-electron chi connectivity index (χ4n) is 4.63. The third-order valence-corrected chi connectivity index (χ3v) is 7.07. The normalized spacial score (nSPS) is 12.9. The second-order valence-electron chi connectivity index (χ2n) is 11.3. The molecule has 2 aromatic carbocycles. The van der Waals surface area contributed by atoms with Crippen molar-refractivity contribution in [3.05, 3.63) is 110 Å². The van der Waals surface area contributed by atoms with E-state index < -0.39 is 48.3 Å². The van der Waals surface area contributed by atoms with Gasteiger partial charge in [0.1, 0.15) is 50.8 Å². The molecule has 0 aromatic heterocycles. The van der Waals surface area contributed by atoms with E-state index >= 15 is 0 Å². The van der Waals surface area contributed by atoms with Crippen molar-refractivity contribution in [1.82, 2.24) is 0 Å². The van der Waals surface area contributed by atoms with Crippen molar-refractivity contribution >= 4 is 35.3 Å². The smallest absolute Gasteiger partial charge is 0.330 e. The van der Waals surface area contributed by atoms with Crippen LogP contribution in [-0.2, 0) is 44.5 Å². The lowest BCUT2D eigenvalue weighted by molar-refractivity contribution is -0.141. The van der Waals surface area contributed by atoms with Gasteiger partial charge in [-0.2, -0.15) is 0 Å². The fraction of sp³-hybridized carbons (Fsp3) is 0.351. The molecule has 0 bridgehead atoms. The molecule has 4 atom stereocenters. The molecule has 51 heavy (non-hydrogen) atoms. The predicted molar refractivity (Wildman–Crippen MR) is 189 cm³/mol. The Morgan fingerprint density at radius 2 is 0.725 bits per heavy atom. The Morgan fingerprint density at radius 1 is 0.490 bits per heavy atom. The van der Waals surface area contributed by atoms with Gasteiger partial charge in [0.25, 0.3) is 0 Å². The fourth-order valence-corrected chi connectivity index (χ4v) is 4.63. The van der Waals surface area contributed by atoms with Gasteiger partial charge in [0.2, 0.25) is 0 Å². The topological polar surface area (TPSA) is 193 Å². The second-order valence-corrected chi connectivity index (χ2v) is 11.3. The molecule has 4 N–H and O–H groups in total. The number of ether oxygens (including phenoxy) is 4. The van der Waals surface area contributed by atoms with E-state index in [4.69, 9.17) is 18.9 Å². The van der Waals surface area contributed by atoms with Gasteiger partial charge in [0.15, 0.2) is 0 Å². The lowest BCUT2D eigenvalue weighted by atomic mass is 10.0. The number of aliphatic hydroxyl groups excluding tert-OH is 4. The predicted octanol–water partition coefficient (Wildman–Crippen LogP) is 1.25. The van der Waals surface area contributed by atoms with E-state index in [-0.39, 0.29) is 52.6 Å². The molecule has 2 rings (SSSR count). The van der Waals surface area contributed by atoms with Crippen LogP contribution in [0.1, 0.15) is 11.1 Å². The molecular weight excluding hydrogens is 664 g/mol. The lowest BCUT2D eigenvalue weighted by Gasteiger charge is -2.29. The number of hydrogen-bond donors (Lipinski definition) is 4. The number of anilines is 2. The molecule has 0 saturated heterocycles. The lowest BCUT2D eigenvalue weighted by Crippen LogP contribution is -2.41. The quantitative estimate of drug-likeness (QED) is 0.0691. The number of carbonyl (C=O) groups is 4. The zero-order chi connectivity index (χ0) is 37.8. The van der Waals surface area contributed by atoms with E-state index in [9.17, 15) is 39.6 Å². The van der Waals surface area contributed by atoms with Crippen LogP contribution >= 0.6 is 0 Å². The minimum atomic E-state index is -1.10. The summed E-state index contributed by atoms with van der Waals surface area (Å²) in [5, 5.41) is 42.0. The first-order valence-corrected chi connectivity index (χ1v) is 15.9. The maximum Gasteiger partial charge on any atom is 0.330 e. The summed E-state index contributed by atoms with van der Waals surface area (Å²) in [5.41, 5.74) is 3.15. The molecule has 0 aliphatic rings. The standard InChI is InChI=1S/C37H46N2O12/c1-5-34(44)48-22-30(40)18-38(19-31(41)23-49-35(45)6-2)28-13-9-26(10-14-28)17-27-11-15-29(16-12-27)39(20-32(42)24-50-36(46)7-3)21-33(43)25-51-37(47)8-4/h5-16,30-33,40-43H,1-4,17-25H2. The highest BCUT2D eigenvalue weighted by Crippen LogP contribution is 2.21. The van der Waals surface area contributed by atoms with Crippen molar-refractivity contribution in [1.29, 1.82) is 0 Å². The first kappa shape index (κ1) is 41.9. The average molecular weight is 711 g/mol. The molecule has 276 valence electrons. The summed E-state index contributed by atoms with van der Waals surface area (Å²) in [6, 6.07) is 14.7. The summed E-state index contributed by atoms with van der Waals surface area (Å²) in [7, 11) is 0. The third-order valence-electron chi connectivity index (χ3n) is 7.07. The van der Waals surface area contributed by atoms with Crippen molar-refractivity contribution in [2.75, 3.05) is 62.4 Å². The van der Waals surface area contributed by atoms with E-state index in [2.05, 4.69) is 26.3 Å². The molecule has 0 aliphatic carbocycles. The minimum absolute atomic E-state index is 0.00896. The number of esters is 4. The summed E-state index contributed by atoms with van der Waals surface area (Å²) >= 11 is 0. The number of carbonyl (C=O) groups excluding carboxylic acids is 4. The SMILES string of the molecule is C=CC(=O)OCC(O)CN(CC(O)COC(=O)C=C)c1ccc(Cc2ccc(N(CC(O)COC(=O)C=C)CC(O)COC(=O)C=C)cc2)cc1. The van der Waals surface area contributed by atoms with Crippen molar-refractivity contribution in [2.24, 2.45) is 0 Å². The molecule has 0 heterocycles. The molecule has 0 saturated carbocycles. The number of hydrogen-bond acceptors (Lipinski definition) is 14. The van der Waals surface area contributed by atoms with Gasteiger partial charge in [-0.1, -0.05) is 50.6 Å². The van der Waals surface area contributed by atoms with E-state index in [1.165, 1.54) is 0 Å². The van der Waals surface area contributed by atoms with Gasteiger partial charge in [0, 0.05) is 61.9 Å². The molecule has 14 nitrogen and oxygen atoms in total. The summed E-state index contributed by atoms with van der Waals surface area (Å²) in [6.45, 7) is 12.1. The van der Waals surface area contributed by atoms with E-state index in [1.54, 1.807) is 34.1 Å². The molecule has 0 spiro atoms. The first-order chi connectivity index (χ1) is 24.4. The van der Waals surface area contributed by atoms with Crippen LogP contribution in [0.3, 0.4) is 0 Å². The third kappa shape index (κ3) is 16.3. The van der Waals surface area contributed by atoms with Gasteiger partial charge in [-0.15, -0.1) is 0 Å². The Morgan fingerprint density at radius 3 is 0.941 bits per heavy atom. The zero-order valence-corrected chi connectivity index (χ0v) is 28.4. The van der Waals surface area contributed by atoms with Crippen LogP contribution in [0, 0.1) is 0 Å². The summed E-state index contributed by atoms with van der Waals surface area (Å²) in [6.07, 6.45) is 0.0812. The van der Waals surface area contributed by atoms with E-state index in [0.717, 1.165) is 35.4 Å². The number of aliphatic hydroxyl groups is 4. The molecule has 0 radical (unpaired) electrons. The van der Waals surface area contributed by atoms with Crippen LogP contribution in [0.2, 0.25) is 0 Å². The summed E-state index contributed by atoms with van der Waals surface area (Å²) < 4.78 is 19.7. The van der Waals surface area contributed by atoms with Crippen LogP contribution < -0.4 is 9.80 Å². The van der Waals surface area contributed by atoms with Gasteiger partial charge in [0.05, 0.1) is 0 Å². The molecule has 4 unspecified atom stereocenters. The second kappa shape index (κ2) is 22.4. The molecule has 0 amide bonds. The number of nitrogens with zero attached hydrogens (tertiary/aromatic N) is 2. The Bertz CT molecular complexity index is 1290. The Labute approximate surface area is 297 Å². The maximum absolute atomic E-state index is 11.4. The molecule has 2 aromatic rings. The van der Waals surface area contributed by atoms with Crippen molar-refractivity contribution in [3.63, 3.8) is 0 Å². The van der Waals surface area contributed by atoms with E-state index in [0.29, 0.717) is 17.8 Å². The molecule has 0 aliphatic heterocycles. The molecule has 14 heteroatoms. The Kier molecular flexibility index (Phi) is 18.4. The largest absolute Gasteiger partial charge is 0.460 e. The number of benzene rings is 2. The van der Waals surface area contributed by atoms with Crippen LogP contribution in [-0.4, -0.2) is 121 Å². The minimum Gasteiger partial charge on any atom is -0.460 e. The Hall–Kier alpha value is -5.28. The van der Waals surface area contributed by atoms with Gasteiger partial charge in [-0.3, -0.25) is 0 Å². The average Bonchev–Trinajstić information content (AvgIpc) is 3.13. The van der Waals surface area contributed by atoms with Crippen molar-refractivity contribution < 1.29 is 58.6 Å². The highest BCUT2D eigenvalue weighted by Gasteiger charge is 2.20. The van der Waals surface area contributed by atoms with Gasteiger partial charge in [-0.05, 0) is 41.8 Å². The molecule has 0 fully saturated rings. The van der Waals surface area contributed by atoms with Crippen molar-refractivity contribution in [3.8, 4) is 0 Å². The maximum atomic E-state index is 11.4. The van der Waals surface area contributed by atoms with E-state index in [1.807, 2.05) is 24.3 Å². The zero-order valence-electron chi connectivity index (χ0n) is 28.4. The van der Waals surface area contributed by atoms with Gasteiger partial charge in [-0.25, -0.2) is 19.2 Å². The van der Waals surface area contributed by atoms with Gasteiger partial charge >= 0.3 is 23.9 Å². The first-order valence-electron chi connectivity index (χ1n) is 15.9.